The van der Waals surface area contributed by atoms with E-state index in [0.29, 0.717) is 12.8 Å². The molecule has 0 rings (SSSR count). The standard InChI is InChI=1S/C13H22O3/c1-3-9-12(14)10-7-5-4-6-8-11-13(15)16-2/h3-4,6,12,14H,1,5,7-11H2,2H3/b6-4+. The summed E-state index contributed by atoms with van der Waals surface area (Å²) in [5.41, 5.74) is 0. The van der Waals surface area contributed by atoms with Crippen LogP contribution < -0.4 is 0 Å². The highest BCUT2D eigenvalue weighted by atomic mass is 16.5. The smallest absolute Gasteiger partial charge is 0.305 e. The van der Waals surface area contributed by atoms with Crippen molar-refractivity contribution in [1.82, 2.24) is 0 Å². The van der Waals surface area contributed by atoms with Crippen LogP contribution in [0.4, 0.5) is 0 Å². The first-order valence-corrected chi connectivity index (χ1v) is 5.71. The van der Waals surface area contributed by atoms with Crippen LogP contribution in [0.15, 0.2) is 24.8 Å². The molecule has 0 spiro atoms. The fraction of sp³-hybridized carbons (Fsp3) is 0.615. The van der Waals surface area contributed by atoms with Crippen molar-refractivity contribution in [2.24, 2.45) is 0 Å². The van der Waals surface area contributed by atoms with E-state index in [-0.39, 0.29) is 12.1 Å². The summed E-state index contributed by atoms with van der Waals surface area (Å²) in [5.74, 6) is -0.175. The van der Waals surface area contributed by atoms with E-state index in [1.165, 1.54) is 7.11 Å². The first-order valence-electron chi connectivity index (χ1n) is 5.71. The molecule has 0 aliphatic heterocycles. The zero-order valence-electron chi connectivity index (χ0n) is 10.0. The first-order chi connectivity index (χ1) is 7.70. The summed E-state index contributed by atoms with van der Waals surface area (Å²) < 4.78 is 4.52. The minimum atomic E-state index is -0.263. The molecule has 0 amide bonds. The van der Waals surface area contributed by atoms with E-state index in [4.69, 9.17) is 0 Å². The van der Waals surface area contributed by atoms with Gasteiger partial charge in [-0.1, -0.05) is 18.2 Å². The number of ether oxygens (including phenoxy) is 1. The van der Waals surface area contributed by atoms with Gasteiger partial charge in [0, 0.05) is 6.42 Å². The van der Waals surface area contributed by atoms with E-state index >= 15 is 0 Å². The number of esters is 1. The van der Waals surface area contributed by atoms with Crippen LogP contribution in [-0.4, -0.2) is 24.3 Å². The van der Waals surface area contributed by atoms with E-state index in [1.54, 1.807) is 6.08 Å². The summed E-state index contributed by atoms with van der Waals surface area (Å²) in [6, 6.07) is 0. The lowest BCUT2D eigenvalue weighted by Gasteiger charge is -2.05. The minimum absolute atomic E-state index is 0.175. The number of carbonyl (C=O) groups is 1. The molecule has 0 bridgehead atoms. The topological polar surface area (TPSA) is 46.5 Å². The Hall–Kier alpha value is -1.09. The van der Waals surface area contributed by atoms with E-state index in [0.717, 1.165) is 25.7 Å². The predicted octanol–water partition coefficient (Wildman–Crippen LogP) is 2.60. The van der Waals surface area contributed by atoms with Gasteiger partial charge in [-0.05, 0) is 32.1 Å². The summed E-state index contributed by atoms with van der Waals surface area (Å²) in [6.45, 7) is 3.58. The Morgan fingerprint density at radius 2 is 2.12 bits per heavy atom. The average Bonchev–Trinajstić information content (AvgIpc) is 2.27. The fourth-order valence-corrected chi connectivity index (χ4v) is 1.32. The highest BCUT2D eigenvalue weighted by Crippen LogP contribution is 2.06. The second kappa shape index (κ2) is 10.4. The Labute approximate surface area is 97.8 Å². The van der Waals surface area contributed by atoms with Crippen molar-refractivity contribution in [2.75, 3.05) is 7.11 Å². The van der Waals surface area contributed by atoms with Gasteiger partial charge in [0.2, 0.25) is 0 Å². The maximum Gasteiger partial charge on any atom is 0.305 e. The lowest BCUT2D eigenvalue weighted by Crippen LogP contribution is -2.03. The van der Waals surface area contributed by atoms with E-state index in [1.807, 2.05) is 12.2 Å². The van der Waals surface area contributed by atoms with Crippen molar-refractivity contribution in [2.45, 2.75) is 44.6 Å². The van der Waals surface area contributed by atoms with Crippen LogP contribution >= 0.6 is 0 Å². The van der Waals surface area contributed by atoms with Gasteiger partial charge < -0.3 is 9.84 Å². The number of methoxy groups -OCH3 is 1. The molecule has 16 heavy (non-hydrogen) atoms. The summed E-state index contributed by atoms with van der Waals surface area (Å²) in [7, 11) is 1.40. The number of rotatable bonds is 9. The van der Waals surface area contributed by atoms with Gasteiger partial charge in [-0.3, -0.25) is 4.79 Å². The molecule has 0 heterocycles. The molecular formula is C13H22O3. The molecule has 1 N–H and O–H groups in total. The number of aliphatic hydroxyl groups is 1. The first kappa shape index (κ1) is 14.9. The van der Waals surface area contributed by atoms with E-state index < -0.39 is 0 Å². The predicted molar refractivity (Wildman–Crippen MR) is 65.1 cm³/mol. The molecule has 3 heteroatoms. The molecule has 0 radical (unpaired) electrons. The van der Waals surface area contributed by atoms with Crippen molar-refractivity contribution < 1.29 is 14.6 Å². The third kappa shape index (κ3) is 9.46. The molecule has 1 atom stereocenters. The van der Waals surface area contributed by atoms with Gasteiger partial charge in [-0.2, -0.15) is 0 Å². The van der Waals surface area contributed by atoms with Gasteiger partial charge in [0.1, 0.15) is 0 Å². The highest BCUT2D eigenvalue weighted by molar-refractivity contribution is 5.69. The van der Waals surface area contributed by atoms with Crippen LogP contribution in [0.5, 0.6) is 0 Å². The molecule has 0 aliphatic carbocycles. The molecule has 0 aromatic rings. The molecule has 0 aliphatic rings. The monoisotopic (exact) mass is 226 g/mol. The van der Waals surface area contributed by atoms with Crippen molar-refractivity contribution in [3.8, 4) is 0 Å². The number of unbranched alkanes of at least 4 members (excludes halogenated alkanes) is 1. The molecule has 92 valence electrons. The molecule has 3 nitrogen and oxygen atoms in total. The molecule has 0 saturated heterocycles. The maximum atomic E-state index is 10.8. The van der Waals surface area contributed by atoms with Gasteiger partial charge >= 0.3 is 5.97 Å². The molecule has 0 fully saturated rings. The largest absolute Gasteiger partial charge is 0.469 e. The van der Waals surface area contributed by atoms with Crippen LogP contribution in [0, 0.1) is 0 Å². The lowest BCUT2D eigenvalue weighted by atomic mass is 10.1. The molecule has 0 saturated carbocycles. The van der Waals surface area contributed by atoms with Gasteiger partial charge in [0.15, 0.2) is 0 Å². The van der Waals surface area contributed by atoms with Gasteiger partial charge in [0.25, 0.3) is 0 Å². The molecule has 0 aromatic carbocycles. The van der Waals surface area contributed by atoms with Gasteiger partial charge in [-0.25, -0.2) is 0 Å². The molecular weight excluding hydrogens is 204 g/mol. The van der Waals surface area contributed by atoms with Crippen LogP contribution in [0.3, 0.4) is 0 Å². The lowest BCUT2D eigenvalue weighted by molar-refractivity contribution is -0.140. The maximum absolute atomic E-state index is 10.8. The number of aliphatic hydroxyl groups excluding tert-OH is 1. The zero-order chi connectivity index (χ0) is 12.2. The second-order valence-corrected chi connectivity index (χ2v) is 3.70. The number of hydrogen-bond acceptors (Lipinski definition) is 3. The third-order valence-electron chi connectivity index (χ3n) is 2.26. The summed E-state index contributed by atoms with van der Waals surface area (Å²) in [5, 5.41) is 9.40. The van der Waals surface area contributed by atoms with Crippen molar-refractivity contribution in [3.05, 3.63) is 24.8 Å². The third-order valence-corrected chi connectivity index (χ3v) is 2.26. The average molecular weight is 226 g/mol. The number of carbonyl (C=O) groups excluding carboxylic acids is 1. The molecule has 1 unspecified atom stereocenters. The fourth-order valence-electron chi connectivity index (χ4n) is 1.32. The Bertz CT molecular complexity index is 221. The van der Waals surface area contributed by atoms with Crippen molar-refractivity contribution >= 4 is 5.97 Å². The van der Waals surface area contributed by atoms with Crippen molar-refractivity contribution in [3.63, 3.8) is 0 Å². The number of allylic oxidation sites excluding steroid dienone is 2. The Balaban J connectivity index is 3.34. The zero-order valence-corrected chi connectivity index (χ0v) is 10.0. The number of hydrogen-bond donors (Lipinski definition) is 1. The highest BCUT2D eigenvalue weighted by Gasteiger charge is 1.99. The van der Waals surface area contributed by atoms with Crippen LogP contribution in [0.1, 0.15) is 38.5 Å². The SMILES string of the molecule is C=CCC(O)CCC/C=C/CCC(=O)OC. The summed E-state index contributed by atoms with van der Waals surface area (Å²) in [4.78, 5) is 10.8. The van der Waals surface area contributed by atoms with Crippen LogP contribution in [-0.2, 0) is 9.53 Å². The summed E-state index contributed by atoms with van der Waals surface area (Å²) in [6.07, 6.45) is 10.0. The van der Waals surface area contributed by atoms with Gasteiger partial charge in [0.05, 0.1) is 13.2 Å². The second-order valence-electron chi connectivity index (χ2n) is 3.70. The Kier molecular flexibility index (Phi) is 9.72. The minimum Gasteiger partial charge on any atom is -0.469 e. The van der Waals surface area contributed by atoms with Crippen molar-refractivity contribution in [1.29, 1.82) is 0 Å². The summed E-state index contributed by atoms with van der Waals surface area (Å²) >= 11 is 0. The molecule has 0 aromatic heterocycles. The Morgan fingerprint density at radius 1 is 1.44 bits per heavy atom. The van der Waals surface area contributed by atoms with Crippen LogP contribution in [0.2, 0.25) is 0 Å². The van der Waals surface area contributed by atoms with E-state index in [2.05, 4.69) is 11.3 Å². The normalized spacial score (nSPS) is 12.6. The Morgan fingerprint density at radius 3 is 2.75 bits per heavy atom. The van der Waals surface area contributed by atoms with E-state index in [9.17, 15) is 9.90 Å². The van der Waals surface area contributed by atoms with Gasteiger partial charge in [-0.15, -0.1) is 6.58 Å². The van der Waals surface area contributed by atoms with Crippen LogP contribution in [0.25, 0.3) is 0 Å². The quantitative estimate of drug-likeness (QED) is 0.373.